The van der Waals surface area contributed by atoms with Crippen molar-refractivity contribution in [2.24, 2.45) is 0 Å². The summed E-state index contributed by atoms with van der Waals surface area (Å²) in [4.78, 5) is 33.0. The maximum atomic E-state index is 12.5. The first-order valence-corrected chi connectivity index (χ1v) is 8.83. The summed E-state index contributed by atoms with van der Waals surface area (Å²) in [6, 6.07) is 8.59. The molecule has 130 valence electrons. The van der Waals surface area contributed by atoms with Gasteiger partial charge >= 0.3 is 0 Å². The van der Waals surface area contributed by atoms with Gasteiger partial charge in [-0.3, -0.25) is 9.59 Å². The SMILES string of the molecule is C[C@@H](Oc1ccc(Cl)cc1)C(=O)N(C)Cc1nc2ccsc2c(=O)[nH]1. The monoisotopic (exact) mass is 377 g/mol. The molecule has 0 saturated heterocycles. The second kappa shape index (κ2) is 7.25. The van der Waals surface area contributed by atoms with E-state index in [-0.39, 0.29) is 18.0 Å². The number of carbonyl (C=O) groups is 1. The summed E-state index contributed by atoms with van der Waals surface area (Å²) in [5.74, 6) is 0.776. The minimum atomic E-state index is -0.678. The molecule has 25 heavy (non-hydrogen) atoms. The van der Waals surface area contributed by atoms with Crippen molar-refractivity contribution in [1.82, 2.24) is 14.9 Å². The molecule has 1 aromatic carbocycles. The van der Waals surface area contributed by atoms with Gasteiger partial charge in [0.15, 0.2) is 6.10 Å². The van der Waals surface area contributed by atoms with Gasteiger partial charge in [-0.1, -0.05) is 11.6 Å². The highest BCUT2D eigenvalue weighted by Gasteiger charge is 2.20. The molecular weight excluding hydrogens is 362 g/mol. The van der Waals surface area contributed by atoms with E-state index < -0.39 is 6.10 Å². The van der Waals surface area contributed by atoms with Crippen LogP contribution in [0.1, 0.15) is 12.7 Å². The van der Waals surface area contributed by atoms with Crippen molar-refractivity contribution in [3.63, 3.8) is 0 Å². The van der Waals surface area contributed by atoms with Crippen LogP contribution in [0.2, 0.25) is 5.02 Å². The average Bonchev–Trinajstić information content (AvgIpc) is 3.05. The molecule has 0 spiro atoms. The number of halogens is 1. The number of rotatable bonds is 5. The van der Waals surface area contributed by atoms with E-state index >= 15 is 0 Å². The molecule has 0 aliphatic heterocycles. The molecule has 3 aromatic rings. The van der Waals surface area contributed by atoms with Crippen LogP contribution < -0.4 is 10.3 Å². The van der Waals surface area contributed by atoms with Gasteiger partial charge in [0.1, 0.15) is 16.3 Å². The van der Waals surface area contributed by atoms with Crippen molar-refractivity contribution in [2.45, 2.75) is 19.6 Å². The molecule has 1 amide bonds. The molecular formula is C17H16ClN3O3S. The summed E-state index contributed by atoms with van der Waals surface area (Å²) in [5.41, 5.74) is 0.441. The van der Waals surface area contributed by atoms with Crippen molar-refractivity contribution in [2.75, 3.05) is 7.05 Å². The van der Waals surface area contributed by atoms with Crippen LogP contribution in [0.4, 0.5) is 0 Å². The number of aromatic amines is 1. The van der Waals surface area contributed by atoms with Crippen LogP contribution in [-0.4, -0.2) is 33.9 Å². The summed E-state index contributed by atoms with van der Waals surface area (Å²) in [6.45, 7) is 1.86. The zero-order valence-electron chi connectivity index (χ0n) is 13.7. The summed E-state index contributed by atoms with van der Waals surface area (Å²) in [6.07, 6.45) is -0.678. The highest BCUT2D eigenvalue weighted by Crippen LogP contribution is 2.18. The molecule has 8 heteroatoms. The lowest BCUT2D eigenvalue weighted by Crippen LogP contribution is -2.38. The largest absolute Gasteiger partial charge is 0.481 e. The second-order valence-corrected chi connectivity index (χ2v) is 6.91. The first-order chi connectivity index (χ1) is 11.9. The van der Waals surface area contributed by atoms with Crippen molar-refractivity contribution in [1.29, 1.82) is 0 Å². The van der Waals surface area contributed by atoms with Crippen molar-refractivity contribution < 1.29 is 9.53 Å². The summed E-state index contributed by atoms with van der Waals surface area (Å²) >= 11 is 7.17. The highest BCUT2D eigenvalue weighted by atomic mass is 35.5. The average molecular weight is 378 g/mol. The number of aromatic nitrogens is 2. The van der Waals surface area contributed by atoms with E-state index in [0.717, 1.165) is 0 Å². The number of thiophene rings is 1. The quantitative estimate of drug-likeness (QED) is 0.741. The fraction of sp³-hybridized carbons (Fsp3) is 0.235. The molecule has 3 rings (SSSR count). The zero-order valence-corrected chi connectivity index (χ0v) is 15.2. The molecule has 1 atom stereocenters. The maximum absolute atomic E-state index is 12.5. The van der Waals surface area contributed by atoms with E-state index in [1.165, 1.54) is 16.2 Å². The van der Waals surface area contributed by atoms with Gasteiger partial charge in [-0.2, -0.15) is 0 Å². The highest BCUT2D eigenvalue weighted by molar-refractivity contribution is 7.17. The Kier molecular flexibility index (Phi) is 5.06. The van der Waals surface area contributed by atoms with Crippen LogP contribution in [0, 0.1) is 0 Å². The smallest absolute Gasteiger partial charge is 0.268 e. The summed E-state index contributed by atoms with van der Waals surface area (Å²) in [7, 11) is 1.64. The number of likely N-dealkylation sites (N-methyl/N-ethyl adjacent to an activating group) is 1. The molecule has 6 nitrogen and oxygen atoms in total. The Morgan fingerprint density at radius 3 is 2.80 bits per heavy atom. The molecule has 0 radical (unpaired) electrons. The van der Waals surface area contributed by atoms with Gasteiger partial charge in [0.2, 0.25) is 0 Å². The third-order valence-electron chi connectivity index (χ3n) is 3.60. The lowest BCUT2D eigenvalue weighted by molar-refractivity contribution is -0.137. The van der Waals surface area contributed by atoms with Crippen LogP contribution in [0.5, 0.6) is 5.75 Å². The number of nitrogens with zero attached hydrogens (tertiary/aromatic N) is 2. The van der Waals surface area contributed by atoms with Gasteiger partial charge in [0, 0.05) is 12.1 Å². The fourth-order valence-electron chi connectivity index (χ4n) is 2.38. The number of ether oxygens (including phenoxy) is 1. The Bertz CT molecular complexity index is 952. The number of nitrogens with one attached hydrogen (secondary N) is 1. The molecule has 0 bridgehead atoms. The van der Waals surface area contributed by atoms with E-state index in [2.05, 4.69) is 9.97 Å². The first-order valence-electron chi connectivity index (χ1n) is 7.57. The number of carbonyl (C=O) groups excluding carboxylic acids is 1. The van der Waals surface area contributed by atoms with Gasteiger partial charge in [-0.05, 0) is 42.6 Å². The Morgan fingerprint density at radius 1 is 1.36 bits per heavy atom. The Balaban J connectivity index is 1.68. The number of fused-ring (bicyclic) bond motifs is 1. The molecule has 2 heterocycles. The number of hydrogen-bond acceptors (Lipinski definition) is 5. The van der Waals surface area contributed by atoms with Crippen LogP contribution in [-0.2, 0) is 11.3 Å². The predicted octanol–water partition coefficient (Wildman–Crippen LogP) is 3.06. The summed E-state index contributed by atoms with van der Waals surface area (Å²) < 4.78 is 6.21. The van der Waals surface area contributed by atoms with E-state index in [1.54, 1.807) is 44.3 Å². The summed E-state index contributed by atoms with van der Waals surface area (Å²) in [5, 5.41) is 2.41. The molecule has 0 aliphatic rings. The molecule has 0 aliphatic carbocycles. The van der Waals surface area contributed by atoms with Crippen LogP contribution in [0.3, 0.4) is 0 Å². The fourth-order valence-corrected chi connectivity index (χ4v) is 3.23. The topological polar surface area (TPSA) is 75.3 Å². The minimum Gasteiger partial charge on any atom is -0.481 e. The molecule has 0 unspecified atom stereocenters. The Hall–Kier alpha value is -2.38. The second-order valence-electron chi connectivity index (χ2n) is 5.56. The third kappa shape index (κ3) is 4.00. The molecule has 0 fully saturated rings. The first kappa shape index (κ1) is 17.4. The van der Waals surface area contributed by atoms with Crippen LogP contribution in [0.15, 0.2) is 40.5 Å². The molecule has 1 N–H and O–H groups in total. The Morgan fingerprint density at radius 2 is 2.08 bits per heavy atom. The number of amides is 1. The standard InChI is InChI=1S/C17H16ClN3O3S/c1-10(24-12-5-3-11(18)4-6-12)17(23)21(2)9-14-19-13-7-8-25-15(13)16(22)20-14/h3-8,10H,9H2,1-2H3,(H,19,20,22)/t10-/m1/s1. The van der Waals surface area contributed by atoms with Gasteiger partial charge in [0.05, 0.1) is 12.1 Å². The number of H-pyrrole nitrogens is 1. The van der Waals surface area contributed by atoms with Gasteiger partial charge in [0.25, 0.3) is 11.5 Å². The van der Waals surface area contributed by atoms with Crippen molar-refractivity contribution in [3.05, 3.63) is 56.9 Å². The van der Waals surface area contributed by atoms with E-state index in [9.17, 15) is 9.59 Å². The van der Waals surface area contributed by atoms with E-state index in [4.69, 9.17) is 16.3 Å². The lowest BCUT2D eigenvalue weighted by Gasteiger charge is -2.21. The predicted molar refractivity (Wildman–Crippen MR) is 98.3 cm³/mol. The van der Waals surface area contributed by atoms with E-state index in [0.29, 0.717) is 26.8 Å². The minimum absolute atomic E-state index is 0.189. The van der Waals surface area contributed by atoms with E-state index in [1.807, 2.05) is 5.38 Å². The molecule has 0 saturated carbocycles. The van der Waals surface area contributed by atoms with Crippen molar-refractivity contribution >= 4 is 39.1 Å². The van der Waals surface area contributed by atoms with Gasteiger partial charge < -0.3 is 14.6 Å². The van der Waals surface area contributed by atoms with Crippen LogP contribution >= 0.6 is 22.9 Å². The lowest BCUT2D eigenvalue weighted by atomic mass is 10.3. The zero-order chi connectivity index (χ0) is 18.0. The number of hydrogen-bond donors (Lipinski definition) is 1. The third-order valence-corrected chi connectivity index (χ3v) is 4.76. The van der Waals surface area contributed by atoms with Gasteiger partial charge in [-0.25, -0.2) is 4.98 Å². The Labute approximate surface area is 153 Å². The molecule has 2 aromatic heterocycles. The normalized spacial score (nSPS) is 12.1. The van der Waals surface area contributed by atoms with Gasteiger partial charge in [-0.15, -0.1) is 11.3 Å². The van der Waals surface area contributed by atoms with Crippen LogP contribution in [0.25, 0.3) is 10.2 Å². The number of benzene rings is 1. The maximum Gasteiger partial charge on any atom is 0.268 e. The van der Waals surface area contributed by atoms with Crippen molar-refractivity contribution in [3.8, 4) is 5.75 Å².